The number of hydrogen-bond acceptors (Lipinski definition) is 6. The van der Waals surface area contributed by atoms with Gasteiger partial charge >= 0.3 is 6.09 Å². The number of fused-ring (bicyclic) bond motifs is 1. The van der Waals surface area contributed by atoms with Crippen molar-refractivity contribution in [1.29, 1.82) is 0 Å². The fourth-order valence-electron chi connectivity index (χ4n) is 4.56. The molecule has 0 fully saturated rings. The predicted octanol–water partition coefficient (Wildman–Crippen LogP) is 6.38. The smallest absolute Gasteiger partial charge is 0.408 e. The molecule has 8 nitrogen and oxygen atoms in total. The number of alkyl carbamates (subject to hydrolysis) is 1. The summed E-state index contributed by atoms with van der Waals surface area (Å²) in [4.78, 5) is 42.1. The number of para-hydroxylation sites is 1. The standard InChI is InChI=1S/C32H41N3O5S/c1-6-7-10-18-35(30(38)26(20-41)34-31(39)40-32(3,4)5)27(25-15-11-12-21(2)28(25)36)29(37)33-24-17-16-22-13-8-9-14-23(22)19-24/h8-9,11-17,19,26-27,36,41H,6-7,10,18,20H2,1-5H3,(H,33,37)(H,34,39). The van der Waals surface area contributed by atoms with E-state index >= 15 is 0 Å². The lowest BCUT2D eigenvalue weighted by molar-refractivity contribution is -0.140. The molecule has 2 atom stereocenters. The van der Waals surface area contributed by atoms with Gasteiger partial charge in [-0.1, -0.05) is 68.3 Å². The second-order valence-electron chi connectivity index (χ2n) is 11.1. The van der Waals surface area contributed by atoms with E-state index in [2.05, 4.69) is 23.3 Å². The zero-order valence-electron chi connectivity index (χ0n) is 24.4. The van der Waals surface area contributed by atoms with Gasteiger partial charge in [-0.15, -0.1) is 0 Å². The molecule has 0 aliphatic rings. The highest BCUT2D eigenvalue weighted by Gasteiger charge is 2.37. The Hall–Kier alpha value is -3.72. The van der Waals surface area contributed by atoms with Crippen LogP contribution in [0.3, 0.4) is 0 Å². The summed E-state index contributed by atoms with van der Waals surface area (Å²) in [5.41, 5.74) is 0.669. The van der Waals surface area contributed by atoms with Gasteiger partial charge in [0.25, 0.3) is 5.91 Å². The summed E-state index contributed by atoms with van der Waals surface area (Å²) < 4.78 is 5.37. The Labute approximate surface area is 247 Å². The first kappa shape index (κ1) is 31.8. The van der Waals surface area contributed by atoms with Crippen LogP contribution in [0.1, 0.15) is 64.1 Å². The summed E-state index contributed by atoms with van der Waals surface area (Å²) in [6.07, 6.45) is 1.60. The summed E-state index contributed by atoms with van der Waals surface area (Å²) >= 11 is 4.34. The lowest BCUT2D eigenvalue weighted by atomic mass is 9.98. The molecule has 0 aliphatic carbocycles. The molecular weight excluding hydrogens is 538 g/mol. The summed E-state index contributed by atoms with van der Waals surface area (Å²) in [5.74, 6) is -1.06. The van der Waals surface area contributed by atoms with Gasteiger partial charge in [-0.3, -0.25) is 9.59 Å². The number of rotatable bonds is 11. The Morgan fingerprint density at radius 1 is 1.00 bits per heavy atom. The van der Waals surface area contributed by atoms with Crippen molar-refractivity contribution >= 4 is 47.0 Å². The number of aryl methyl sites for hydroxylation is 1. The average Bonchev–Trinajstić information content (AvgIpc) is 2.92. The summed E-state index contributed by atoms with van der Waals surface area (Å²) in [6, 6.07) is 16.3. The number of nitrogens with one attached hydrogen (secondary N) is 2. The molecule has 3 amide bonds. The maximum Gasteiger partial charge on any atom is 0.408 e. The molecular formula is C32H41N3O5S. The van der Waals surface area contributed by atoms with Crippen molar-refractivity contribution in [3.05, 3.63) is 71.8 Å². The minimum atomic E-state index is -1.17. The van der Waals surface area contributed by atoms with Crippen molar-refractivity contribution in [3.8, 4) is 5.75 Å². The van der Waals surface area contributed by atoms with Crippen LogP contribution in [0, 0.1) is 6.92 Å². The minimum absolute atomic E-state index is 0.0127. The first-order chi connectivity index (χ1) is 19.4. The Bertz CT molecular complexity index is 1370. The van der Waals surface area contributed by atoms with Crippen LogP contribution in [0.15, 0.2) is 60.7 Å². The van der Waals surface area contributed by atoms with E-state index in [-0.39, 0.29) is 18.0 Å². The molecule has 0 spiro atoms. The lowest BCUT2D eigenvalue weighted by Crippen LogP contribution is -2.53. The number of carbonyl (C=O) groups is 3. The number of ether oxygens (including phenoxy) is 1. The van der Waals surface area contributed by atoms with Crippen molar-refractivity contribution in [2.75, 3.05) is 17.6 Å². The van der Waals surface area contributed by atoms with Gasteiger partial charge in [-0.2, -0.15) is 12.6 Å². The number of amides is 3. The van der Waals surface area contributed by atoms with Crippen LogP contribution in [0.2, 0.25) is 0 Å². The average molecular weight is 580 g/mol. The Balaban J connectivity index is 2.03. The number of carbonyl (C=O) groups excluding carboxylic acids is 3. The van der Waals surface area contributed by atoms with Gasteiger partial charge in [-0.05, 0) is 62.6 Å². The molecule has 2 unspecified atom stereocenters. The van der Waals surface area contributed by atoms with E-state index in [1.807, 2.05) is 43.3 Å². The molecule has 0 heterocycles. The number of phenols is 1. The SMILES string of the molecule is CCCCCN(C(=O)C(CS)NC(=O)OC(C)(C)C)C(C(=O)Nc1ccc2ccccc2c1)c1cccc(C)c1O. The van der Waals surface area contributed by atoms with Gasteiger partial charge in [0.05, 0.1) is 0 Å². The van der Waals surface area contributed by atoms with Crippen LogP contribution in [-0.4, -0.2) is 51.9 Å². The fourth-order valence-corrected chi connectivity index (χ4v) is 4.81. The third-order valence-electron chi connectivity index (χ3n) is 6.60. The monoisotopic (exact) mass is 579 g/mol. The zero-order chi connectivity index (χ0) is 30.2. The van der Waals surface area contributed by atoms with Crippen LogP contribution >= 0.6 is 12.6 Å². The molecule has 0 bridgehead atoms. The molecule has 3 aromatic carbocycles. The number of unbranched alkanes of at least 4 members (excludes halogenated alkanes) is 2. The highest BCUT2D eigenvalue weighted by atomic mass is 32.1. The van der Waals surface area contributed by atoms with Crippen molar-refractivity contribution in [1.82, 2.24) is 10.2 Å². The van der Waals surface area contributed by atoms with Crippen LogP contribution in [0.25, 0.3) is 10.8 Å². The van der Waals surface area contributed by atoms with E-state index in [0.29, 0.717) is 23.2 Å². The number of anilines is 1. The molecule has 0 aromatic heterocycles. The zero-order valence-corrected chi connectivity index (χ0v) is 25.3. The summed E-state index contributed by atoms with van der Waals surface area (Å²) in [7, 11) is 0. The molecule has 3 N–H and O–H groups in total. The molecule has 0 radical (unpaired) electrons. The number of benzene rings is 3. The minimum Gasteiger partial charge on any atom is -0.507 e. The van der Waals surface area contributed by atoms with E-state index in [9.17, 15) is 19.5 Å². The largest absolute Gasteiger partial charge is 0.507 e. The van der Waals surface area contributed by atoms with Crippen LogP contribution in [-0.2, 0) is 14.3 Å². The van der Waals surface area contributed by atoms with E-state index < -0.39 is 35.6 Å². The first-order valence-electron chi connectivity index (χ1n) is 13.9. The van der Waals surface area contributed by atoms with Crippen LogP contribution in [0.4, 0.5) is 10.5 Å². The molecule has 41 heavy (non-hydrogen) atoms. The van der Waals surface area contributed by atoms with Gasteiger partial charge in [0.1, 0.15) is 23.4 Å². The number of aromatic hydroxyl groups is 1. The van der Waals surface area contributed by atoms with E-state index in [0.717, 1.165) is 23.6 Å². The predicted molar refractivity (Wildman–Crippen MR) is 166 cm³/mol. The van der Waals surface area contributed by atoms with Gasteiger partial charge < -0.3 is 25.4 Å². The summed E-state index contributed by atoms with van der Waals surface area (Å²) in [5, 5.41) is 18.6. The third kappa shape index (κ3) is 8.63. The number of thiol groups is 1. The topological polar surface area (TPSA) is 108 Å². The molecule has 9 heteroatoms. The first-order valence-corrected chi connectivity index (χ1v) is 14.6. The van der Waals surface area contributed by atoms with Gasteiger partial charge in [0, 0.05) is 23.5 Å². The molecule has 3 rings (SSSR count). The molecule has 220 valence electrons. The van der Waals surface area contributed by atoms with Crippen molar-refractivity contribution in [3.63, 3.8) is 0 Å². The normalized spacial score (nSPS) is 12.8. The molecule has 0 saturated heterocycles. The Morgan fingerprint density at radius 2 is 1.71 bits per heavy atom. The quantitative estimate of drug-likeness (QED) is 0.156. The maximum atomic E-state index is 14.1. The van der Waals surface area contributed by atoms with E-state index in [1.165, 1.54) is 4.90 Å². The van der Waals surface area contributed by atoms with Crippen LogP contribution < -0.4 is 10.6 Å². The molecule has 3 aromatic rings. The van der Waals surface area contributed by atoms with E-state index in [4.69, 9.17) is 4.74 Å². The highest BCUT2D eigenvalue weighted by Crippen LogP contribution is 2.33. The second kappa shape index (κ2) is 14.3. The highest BCUT2D eigenvalue weighted by molar-refractivity contribution is 7.80. The van der Waals surface area contributed by atoms with Gasteiger partial charge in [-0.25, -0.2) is 4.79 Å². The Morgan fingerprint density at radius 3 is 2.37 bits per heavy atom. The fraction of sp³-hybridized carbons (Fsp3) is 0.406. The van der Waals surface area contributed by atoms with Crippen molar-refractivity contribution in [2.45, 2.75) is 71.6 Å². The maximum absolute atomic E-state index is 14.1. The second-order valence-corrected chi connectivity index (χ2v) is 11.5. The summed E-state index contributed by atoms with van der Waals surface area (Å²) in [6.45, 7) is 9.21. The van der Waals surface area contributed by atoms with Crippen molar-refractivity contribution in [2.24, 2.45) is 0 Å². The molecule has 0 aliphatic heterocycles. The van der Waals surface area contributed by atoms with Gasteiger partial charge in [0.15, 0.2) is 0 Å². The van der Waals surface area contributed by atoms with E-state index in [1.54, 1.807) is 52.0 Å². The number of phenolic OH excluding ortho intramolecular Hbond substituents is 1. The Kier molecular flexibility index (Phi) is 11.1. The van der Waals surface area contributed by atoms with Crippen LogP contribution in [0.5, 0.6) is 5.75 Å². The third-order valence-corrected chi connectivity index (χ3v) is 6.96. The van der Waals surface area contributed by atoms with Gasteiger partial charge in [0.2, 0.25) is 5.91 Å². The molecule has 0 saturated carbocycles. The number of nitrogens with zero attached hydrogens (tertiary/aromatic N) is 1. The lowest BCUT2D eigenvalue weighted by Gasteiger charge is -2.34. The van der Waals surface area contributed by atoms with Crippen molar-refractivity contribution < 1.29 is 24.2 Å². The number of hydrogen-bond donors (Lipinski definition) is 4.